The number of thiophene rings is 1. The van der Waals surface area contributed by atoms with Crippen LogP contribution in [0.1, 0.15) is 15.4 Å². The van der Waals surface area contributed by atoms with Gasteiger partial charge < -0.3 is 14.0 Å². The molecule has 10 heteroatoms. The highest BCUT2D eigenvalue weighted by Gasteiger charge is 2.30. The molecular weight excluding hydrogens is 424 g/mol. The van der Waals surface area contributed by atoms with Crippen LogP contribution in [0.15, 0.2) is 27.6 Å². The van der Waals surface area contributed by atoms with Crippen molar-refractivity contribution in [2.75, 3.05) is 18.9 Å². The second-order valence-corrected chi connectivity index (χ2v) is 9.50. The van der Waals surface area contributed by atoms with Crippen molar-refractivity contribution in [3.05, 3.63) is 38.7 Å². The zero-order valence-corrected chi connectivity index (χ0v) is 18.3. The summed E-state index contributed by atoms with van der Waals surface area (Å²) in [6.07, 6.45) is 0. The summed E-state index contributed by atoms with van der Waals surface area (Å²) in [4.78, 5) is 1.56. The van der Waals surface area contributed by atoms with E-state index in [0.717, 1.165) is 4.88 Å². The molecule has 0 unspecified atom stereocenters. The minimum Gasteiger partial charge on any atom is -0.497 e. The maximum Gasteiger partial charge on any atom is 0.263 e. The number of nitrogens with zero attached hydrogens (tertiary/aromatic N) is 1. The Kier molecular flexibility index (Phi) is 5.60. The van der Waals surface area contributed by atoms with E-state index in [0.29, 0.717) is 27.6 Å². The van der Waals surface area contributed by atoms with E-state index in [1.807, 2.05) is 6.92 Å². The van der Waals surface area contributed by atoms with Crippen LogP contribution in [0.5, 0.6) is 11.5 Å². The summed E-state index contributed by atoms with van der Waals surface area (Å²) in [5.41, 5.74) is 1.28. The lowest BCUT2D eigenvalue weighted by Crippen LogP contribution is -2.15. The first-order valence-corrected chi connectivity index (χ1v) is 10.8. The number of ether oxygens (including phenoxy) is 2. The molecule has 0 aliphatic heterocycles. The standard InChI is InChI=1S/C18H19ClN2O5S2/c1-9-6-14(26-20-9)16-10(2)27-11(3)18(16)28(22,23)21-17-13(19)7-12(24-4)8-15(17)25-5/h6-8,21H,1-5H3. The number of rotatable bonds is 6. The molecule has 1 N–H and O–H groups in total. The Hall–Kier alpha value is -2.23. The number of hydrogen-bond acceptors (Lipinski definition) is 7. The average Bonchev–Trinajstić information content (AvgIpc) is 3.18. The van der Waals surface area contributed by atoms with E-state index < -0.39 is 10.0 Å². The minimum absolute atomic E-state index is 0.125. The highest BCUT2D eigenvalue weighted by Crippen LogP contribution is 2.42. The van der Waals surface area contributed by atoms with E-state index >= 15 is 0 Å². The fourth-order valence-corrected chi connectivity index (χ4v) is 6.14. The van der Waals surface area contributed by atoms with Gasteiger partial charge in [-0.2, -0.15) is 0 Å². The number of anilines is 1. The van der Waals surface area contributed by atoms with E-state index in [9.17, 15) is 8.42 Å². The van der Waals surface area contributed by atoms with Crippen LogP contribution in [-0.2, 0) is 10.0 Å². The Labute approximate surface area is 172 Å². The van der Waals surface area contributed by atoms with E-state index in [2.05, 4.69) is 9.88 Å². The Morgan fingerprint density at radius 2 is 1.82 bits per heavy atom. The predicted octanol–water partition coefficient (Wildman–Crippen LogP) is 4.80. The van der Waals surface area contributed by atoms with Gasteiger partial charge in [-0.25, -0.2) is 8.42 Å². The number of hydrogen-bond donors (Lipinski definition) is 1. The maximum atomic E-state index is 13.3. The second-order valence-electron chi connectivity index (χ2n) is 6.04. The molecule has 0 bridgehead atoms. The zero-order chi connectivity index (χ0) is 20.6. The van der Waals surface area contributed by atoms with Crippen molar-refractivity contribution in [1.29, 1.82) is 0 Å². The Morgan fingerprint density at radius 3 is 2.39 bits per heavy atom. The van der Waals surface area contributed by atoms with Gasteiger partial charge in [-0.3, -0.25) is 4.72 Å². The first kappa shape index (κ1) is 20.5. The SMILES string of the molecule is COc1cc(Cl)c(NS(=O)(=O)c2c(C)sc(C)c2-c2cc(C)no2)c(OC)c1. The number of aromatic nitrogens is 1. The molecule has 0 aliphatic rings. The van der Waals surface area contributed by atoms with Crippen molar-refractivity contribution in [3.63, 3.8) is 0 Å². The minimum atomic E-state index is -4.00. The van der Waals surface area contributed by atoms with Gasteiger partial charge in [0.1, 0.15) is 22.1 Å². The number of aryl methyl sites for hydroxylation is 3. The van der Waals surface area contributed by atoms with Gasteiger partial charge in [-0.1, -0.05) is 16.8 Å². The van der Waals surface area contributed by atoms with E-state index in [1.165, 1.54) is 31.6 Å². The fraction of sp³-hybridized carbons (Fsp3) is 0.278. The lowest BCUT2D eigenvalue weighted by molar-refractivity contribution is 0.395. The van der Waals surface area contributed by atoms with Gasteiger partial charge in [0.2, 0.25) is 0 Å². The number of halogens is 1. The van der Waals surface area contributed by atoms with Crippen LogP contribution < -0.4 is 14.2 Å². The van der Waals surface area contributed by atoms with Gasteiger partial charge in [-0.15, -0.1) is 11.3 Å². The smallest absolute Gasteiger partial charge is 0.263 e. The number of sulfonamides is 1. The number of methoxy groups -OCH3 is 2. The van der Waals surface area contributed by atoms with Crippen molar-refractivity contribution >= 4 is 38.6 Å². The van der Waals surface area contributed by atoms with Crippen molar-refractivity contribution in [2.24, 2.45) is 0 Å². The maximum absolute atomic E-state index is 13.3. The van der Waals surface area contributed by atoms with E-state index in [-0.39, 0.29) is 21.4 Å². The monoisotopic (exact) mass is 442 g/mol. The first-order valence-electron chi connectivity index (χ1n) is 8.16. The molecule has 0 radical (unpaired) electrons. The molecule has 28 heavy (non-hydrogen) atoms. The second kappa shape index (κ2) is 7.65. The average molecular weight is 443 g/mol. The molecule has 2 aromatic heterocycles. The molecule has 150 valence electrons. The molecule has 0 amide bonds. The highest BCUT2D eigenvalue weighted by atomic mass is 35.5. The summed E-state index contributed by atoms with van der Waals surface area (Å²) in [6, 6.07) is 4.76. The zero-order valence-electron chi connectivity index (χ0n) is 15.9. The van der Waals surface area contributed by atoms with E-state index in [1.54, 1.807) is 26.0 Å². The molecule has 0 saturated heterocycles. The summed E-state index contributed by atoms with van der Waals surface area (Å²) in [5, 5.41) is 4.02. The van der Waals surface area contributed by atoms with Crippen LogP contribution in [0.4, 0.5) is 5.69 Å². The molecular formula is C18H19ClN2O5S2. The van der Waals surface area contributed by atoms with Gasteiger partial charge in [0.25, 0.3) is 10.0 Å². The lowest BCUT2D eigenvalue weighted by Gasteiger charge is -2.15. The summed E-state index contributed by atoms with van der Waals surface area (Å²) in [6.45, 7) is 5.35. The van der Waals surface area contributed by atoms with Gasteiger partial charge in [0.05, 0.1) is 30.5 Å². The third kappa shape index (κ3) is 3.69. The normalized spacial score (nSPS) is 11.5. The summed E-state index contributed by atoms with van der Waals surface area (Å²) in [7, 11) is -1.09. The molecule has 3 rings (SSSR count). The predicted molar refractivity (Wildman–Crippen MR) is 109 cm³/mol. The van der Waals surface area contributed by atoms with Crippen LogP contribution >= 0.6 is 22.9 Å². The Bertz CT molecular complexity index is 1140. The van der Waals surface area contributed by atoms with Crippen molar-refractivity contribution in [1.82, 2.24) is 5.16 Å². The molecule has 0 saturated carbocycles. The molecule has 0 spiro atoms. The topological polar surface area (TPSA) is 90.7 Å². The number of benzene rings is 1. The first-order chi connectivity index (χ1) is 13.2. The van der Waals surface area contributed by atoms with Crippen LogP contribution in [-0.4, -0.2) is 27.8 Å². The summed E-state index contributed by atoms with van der Waals surface area (Å²) in [5.74, 6) is 1.09. The van der Waals surface area contributed by atoms with Crippen molar-refractivity contribution in [3.8, 4) is 22.8 Å². The van der Waals surface area contributed by atoms with Gasteiger partial charge in [-0.05, 0) is 20.8 Å². The van der Waals surface area contributed by atoms with Crippen LogP contribution in [0.2, 0.25) is 5.02 Å². The molecule has 0 aliphatic carbocycles. The quantitative estimate of drug-likeness (QED) is 0.589. The molecule has 0 fully saturated rings. The van der Waals surface area contributed by atoms with Gasteiger partial charge in [0, 0.05) is 28.0 Å². The van der Waals surface area contributed by atoms with Gasteiger partial charge >= 0.3 is 0 Å². The van der Waals surface area contributed by atoms with Crippen molar-refractivity contribution in [2.45, 2.75) is 25.7 Å². The van der Waals surface area contributed by atoms with Gasteiger partial charge in [0.15, 0.2) is 5.76 Å². The lowest BCUT2D eigenvalue weighted by atomic mass is 10.2. The summed E-state index contributed by atoms with van der Waals surface area (Å²) >= 11 is 7.64. The van der Waals surface area contributed by atoms with Crippen LogP contribution in [0.3, 0.4) is 0 Å². The summed E-state index contributed by atoms with van der Waals surface area (Å²) < 4.78 is 44.9. The fourth-order valence-electron chi connectivity index (χ4n) is 2.87. The van der Waals surface area contributed by atoms with E-state index in [4.69, 9.17) is 25.6 Å². The molecule has 0 atom stereocenters. The van der Waals surface area contributed by atoms with Crippen molar-refractivity contribution < 1.29 is 22.4 Å². The van der Waals surface area contributed by atoms with Crippen LogP contribution in [0.25, 0.3) is 11.3 Å². The molecule has 1 aromatic carbocycles. The largest absolute Gasteiger partial charge is 0.497 e. The molecule has 2 heterocycles. The third-order valence-corrected chi connectivity index (χ3v) is 7.04. The molecule has 7 nitrogen and oxygen atoms in total. The Morgan fingerprint density at radius 1 is 1.11 bits per heavy atom. The Balaban J connectivity index is 2.14. The van der Waals surface area contributed by atoms with Crippen LogP contribution in [0, 0.1) is 20.8 Å². The highest BCUT2D eigenvalue weighted by molar-refractivity contribution is 7.93. The number of nitrogens with one attached hydrogen (secondary N) is 1. The third-order valence-electron chi connectivity index (χ3n) is 4.07. The molecule has 3 aromatic rings.